The molecular formula is C20H20F3N3O4. The van der Waals surface area contributed by atoms with E-state index in [-0.39, 0.29) is 22.5 Å². The second-order valence-electron chi connectivity index (χ2n) is 6.94. The van der Waals surface area contributed by atoms with Gasteiger partial charge in [0, 0.05) is 37.9 Å². The molecule has 0 fully saturated rings. The summed E-state index contributed by atoms with van der Waals surface area (Å²) in [7, 11) is 1.52. The highest BCUT2D eigenvalue weighted by molar-refractivity contribution is 5.99. The standard InChI is InChI=1S/C20H20F3N3O4/c1-3-25(2)20(30)16-18(28)17(27)13(12-5-4-8-26(12)16)19(29)24-9-10-6-7-11(21)15(23)14(10)22/h6-7,28H,3-5,8-9H2,1-2H3,(H,24,29). The van der Waals surface area contributed by atoms with E-state index in [2.05, 4.69) is 5.32 Å². The molecule has 2 aromatic rings. The molecule has 0 saturated heterocycles. The number of hydrogen-bond acceptors (Lipinski definition) is 4. The van der Waals surface area contributed by atoms with Gasteiger partial charge in [0.15, 0.2) is 28.9 Å². The van der Waals surface area contributed by atoms with Crippen LogP contribution in [0.5, 0.6) is 5.75 Å². The third kappa shape index (κ3) is 3.53. The van der Waals surface area contributed by atoms with Crippen LogP contribution in [0, 0.1) is 17.5 Å². The van der Waals surface area contributed by atoms with E-state index in [1.807, 2.05) is 0 Å². The van der Waals surface area contributed by atoms with E-state index in [1.54, 1.807) is 6.92 Å². The van der Waals surface area contributed by atoms with Crippen LogP contribution in [0.1, 0.15) is 45.4 Å². The fourth-order valence-corrected chi connectivity index (χ4v) is 3.41. The van der Waals surface area contributed by atoms with Gasteiger partial charge in [0.05, 0.1) is 0 Å². The number of halogens is 3. The smallest absolute Gasteiger partial charge is 0.274 e. The van der Waals surface area contributed by atoms with E-state index >= 15 is 0 Å². The zero-order chi connectivity index (χ0) is 22.2. The fraction of sp³-hybridized carbons (Fsp3) is 0.350. The predicted molar refractivity (Wildman–Crippen MR) is 101 cm³/mol. The van der Waals surface area contributed by atoms with Gasteiger partial charge < -0.3 is 19.9 Å². The molecule has 2 heterocycles. The number of nitrogens with zero attached hydrogens (tertiary/aromatic N) is 2. The second-order valence-corrected chi connectivity index (χ2v) is 6.94. The zero-order valence-corrected chi connectivity index (χ0v) is 16.4. The van der Waals surface area contributed by atoms with Gasteiger partial charge in [-0.15, -0.1) is 0 Å². The van der Waals surface area contributed by atoms with Crippen LogP contribution in [0.3, 0.4) is 0 Å². The van der Waals surface area contributed by atoms with Crippen molar-refractivity contribution in [3.05, 3.63) is 62.3 Å². The molecular weight excluding hydrogens is 403 g/mol. The summed E-state index contributed by atoms with van der Waals surface area (Å²) in [4.78, 5) is 39.3. The van der Waals surface area contributed by atoms with E-state index in [4.69, 9.17) is 0 Å². The summed E-state index contributed by atoms with van der Waals surface area (Å²) in [5, 5.41) is 12.7. The Kier molecular flexibility index (Phi) is 5.86. The van der Waals surface area contributed by atoms with Gasteiger partial charge in [0.25, 0.3) is 11.8 Å². The van der Waals surface area contributed by atoms with Crippen molar-refractivity contribution in [2.75, 3.05) is 13.6 Å². The molecule has 0 bridgehead atoms. The van der Waals surface area contributed by atoms with Crippen molar-refractivity contribution < 1.29 is 27.9 Å². The Morgan fingerprint density at radius 1 is 1.23 bits per heavy atom. The van der Waals surface area contributed by atoms with Crippen LogP contribution in [-0.4, -0.2) is 40.0 Å². The molecule has 0 saturated carbocycles. The van der Waals surface area contributed by atoms with Crippen LogP contribution in [0.25, 0.3) is 0 Å². The van der Waals surface area contributed by atoms with Crippen LogP contribution < -0.4 is 10.7 Å². The Balaban J connectivity index is 1.97. The minimum atomic E-state index is -1.66. The van der Waals surface area contributed by atoms with Gasteiger partial charge in [0.1, 0.15) is 5.56 Å². The van der Waals surface area contributed by atoms with Gasteiger partial charge in [-0.2, -0.15) is 0 Å². The number of amides is 2. The first kappa shape index (κ1) is 21.4. The highest BCUT2D eigenvalue weighted by Crippen LogP contribution is 2.26. The van der Waals surface area contributed by atoms with Crippen molar-refractivity contribution in [1.82, 2.24) is 14.8 Å². The van der Waals surface area contributed by atoms with Gasteiger partial charge in [-0.1, -0.05) is 6.07 Å². The number of carbonyl (C=O) groups excluding carboxylic acids is 2. The maximum atomic E-state index is 13.8. The normalized spacial score (nSPS) is 12.6. The number of pyridine rings is 1. The number of rotatable bonds is 5. The third-order valence-electron chi connectivity index (χ3n) is 5.15. The Bertz CT molecular complexity index is 1100. The van der Waals surface area contributed by atoms with Crippen LogP contribution in [0.15, 0.2) is 16.9 Å². The Labute approximate surface area is 169 Å². The average molecular weight is 423 g/mol. The number of aromatic nitrogens is 1. The van der Waals surface area contributed by atoms with Crippen molar-refractivity contribution >= 4 is 11.8 Å². The van der Waals surface area contributed by atoms with Gasteiger partial charge in [-0.25, -0.2) is 13.2 Å². The van der Waals surface area contributed by atoms with Gasteiger partial charge >= 0.3 is 0 Å². The maximum absolute atomic E-state index is 13.8. The van der Waals surface area contributed by atoms with Crippen LogP contribution in [0.4, 0.5) is 13.2 Å². The lowest BCUT2D eigenvalue weighted by molar-refractivity contribution is 0.0785. The van der Waals surface area contributed by atoms with E-state index in [1.165, 1.54) is 16.5 Å². The first-order chi connectivity index (χ1) is 14.2. The van der Waals surface area contributed by atoms with Gasteiger partial charge in [-0.3, -0.25) is 14.4 Å². The molecule has 3 rings (SSSR count). The van der Waals surface area contributed by atoms with Crippen LogP contribution in [-0.2, 0) is 19.5 Å². The molecule has 1 aliphatic rings. The molecule has 2 N–H and O–H groups in total. The molecule has 2 amide bonds. The molecule has 0 atom stereocenters. The lowest BCUT2D eigenvalue weighted by atomic mass is 10.1. The quantitative estimate of drug-likeness (QED) is 0.719. The SMILES string of the molecule is CCN(C)C(=O)c1c(O)c(=O)c(C(=O)NCc2ccc(F)c(F)c2F)c2n1CCC2. The minimum Gasteiger partial charge on any atom is -0.503 e. The number of fused-ring (bicyclic) bond motifs is 1. The Morgan fingerprint density at radius 2 is 1.93 bits per heavy atom. The first-order valence-corrected chi connectivity index (χ1v) is 9.33. The molecule has 30 heavy (non-hydrogen) atoms. The molecule has 1 aromatic heterocycles. The summed E-state index contributed by atoms with van der Waals surface area (Å²) in [6, 6.07) is 1.70. The van der Waals surface area contributed by atoms with Gasteiger partial charge in [-0.05, 0) is 25.8 Å². The molecule has 1 aliphatic heterocycles. The summed E-state index contributed by atoms with van der Waals surface area (Å²) >= 11 is 0. The lowest BCUT2D eigenvalue weighted by Gasteiger charge is -2.20. The molecule has 1 aromatic carbocycles. The summed E-state index contributed by atoms with van der Waals surface area (Å²) in [5.74, 6) is -6.76. The molecule has 0 unspecified atom stereocenters. The van der Waals surface area contributed by atoms with Crippen molar-refractivity contribution in [3.8, 4) is 5.75 Å². The lowest BCUT2D eigenvalue weighted by Crippen LogP contribution is -2.35. The minimum absolute atomic E-state index is 0.181. The molecule has 0 aliphatic carbocycles. The number of carbonyl (C=O) groups is 2. The number of nitrogens with one attached hydrogen (secondary N) is 1. The van der Waals surface area contributed by atoms with Crippen LogP contribution >= 0.6 is 0 Å². The van der Waals surface area contributed by atoms with Gasteiger partial charge in [0.2, 0.25) is 5.43 Å². The van der Waals surface area contributed by atoms with Crippen molar-refractivity contribution in [1.29, 1.82) is 0 Å². The van der Waals surface area contributed by atoms with E-state index < -0.39 is 47.0 Å². The molecule has 160 valence electrons. The van der Waals surface area contributed by atoms with E-state index in [0.29, 0.717) is 25.9 Å². The summed E-state index contributed by atoms with van der Waals surface area (Å²) in [5.41, 5.74) is -1.57. The highest BCUT2D eigenvalue weighted by Gasteiger charge is 2.32. The second kappa shape index (κ2) is 8.21. The predicted octanol–water partition coefficient (Wildman–Crippen LogP) is 1.94. The number of aromatic hydroxyl groups is 1. The van der Waals surface area contributed by atoms with Crippen molar-refractivity contribution in [2.45, 2.75) is 32.9 Å². The molecule has 10 heteroatoms. The number of benzene rings is 1. The topological polar surface area (TPSA) is 91.6 Å². The Morgan fingerprint density at radius 3 is 2.60 bits per heavy atom. The molecule has 0 spiro atoms. The summed E-state index contributed by atoms with van der Waals surface area (Å²) < 4.78 is 41.7. The summed E-state index contributed by atoms with van der Waals surface area (Å²) in [6.45, 7) is 1.92. The monoisotopic (exact) mass is 423 g/mol. The van der Waals surface area contributed by atoms with E-state index in [0.717, 1.165) is 12.1 Å². The van der Waals surface area contributed by atoms with Crippen LogP contribution in [0.2, 0.25) is 0 Å². The van der Waals surface area contributed by atoms with Crippen molar-refractivity contribution in [3.63, 3.8) is 0 Å². The highest BCUT2D eigenvalue weighted by atomic mass is 19.2. The Hall–Kier alpha value is -3.30. The van der Waals surface area contributed by atoms with Crippen molar-refractivity contribution in [2.24, 2.45) is 0 Å². The largest absolute Gasteiger partial charge is 0.503 e. The third-order valence-corrected chi connectivity index (χ3v) is 5.15. The average Bonchev–Trinajstić information content (AvgIpc) is 3.19. The fourth-order valence-electron chi connectivity index (χ4n) is 3.41. The molecule has 7 nitrogen and oxygen atoms in total. The zero-order valence-electron chi connectivity index (χ0n) is 16.4. The number of hydrogen-bond donors (Lipinski definition) is 2. The maximum Gasteiger partial charge on any atom is 0.274 e. The first-order valence-electron chi connectivity index (χ1n) is 9.33. The summed E-state index contributed by atoms with van der Waals surface area (Å²) in [6.07, 6.45) is 0.880. The molecule has 0 radical (unpaired) electrons. The van der Waals surface area contributed by atoms with E-state index in [9.17, 15) is 32.7 Å².